The van der Waals surface area contributed by atoms with Gasteiger partial charge in [-0.05, 0) is 31.9 Å². The maximum absolute atomic E-state index is 12.5. The Bertz CT molecular complexity index is 586. The third kappa shape index (κ3) is 4.99. The van der Waals surface area contributed by atoms with Crippen LogP contribution in [0.15, 0.2) is 36.0 Å². The molecule has 2 amide bonds. The molecule has 0 radical (unpaired) electrons. The van der Waals surface area contributed by atoms with Gasteiger partial charge in [-0.3, -0.25) is 4.79 Å². The molecule has 6 nitrogen and oxygen atoms in total. The highest BCUT2D eigenvalue weighted by Gasteiger charge is 2.25. The van der Waals surface area contributed by atoms with Crippen LogP contribution in [0.25, 0.3) is 0 Å². The van der Waals surface area contributed by atoms with Crippen LogP contribution in [0.2, 0.25) is 0 Å². The lowest BCUT2D eigenvalue weighted by molar-refractivity contribution is 0.0857. The van der Waals surface area contributed by atoms with Gasteiger partial charge < -0.3 is 15.0 Å². The zero-order valence-corrected chi connectivity index (χ0v) is 14.7. The minimum absolute atomic E-state index is 0.0561. The van der Waals surface area contributed by atoms with E-state index in [9.17, 15) is 9.59 Å². The molecule has 24 heavy (non-hydrogen) atoms. The van der Waals surface area contributed by atoms with Gasteiger partial charge >= 0.3 is 6.09 Å². The zero-order chi connectivity index (χ0) is 17.4. The molecule has 0 atom stereocenters. The molecule has 1 saturated heterocycles. The maximum Gasteiger partial charge on any atom is 0.409 e. The predicted octanol–water partition coefficient (Wildman–Crippen LogP) is 2.71. The maximum atomic E-state index is 12.5. The van der Waals surface area contributed by atoms with Crippen molar-refractivity contribution in [1.29, 1.82) is 0 Å². The van der Waals surface area contributed by atoms with Crippen molar-refractivity contribution < 1.29 is 14.3 Å². The average Bonchev–Trinajstić information content (AvgIpc) is 2.61. The molecule has 0 unspecified atom stereocenters. The summed E-state index contributed by atoms with van der Waals surface area (Å²) in [6.45, 7) is 7.04. The third-order valence-electron chi connectivity index (χ3n) is 3.71. The molecule has 2 rings (SSSR count). The van der Waals surface area contributed by atoms with Gasteiger partial charge in [-0.25, -0.2) is 9.78 Å². The lowest BCUT2D eigenvalue weighted by Crippen LogP contribution is -2.46. The lowest BCUT2D eigenvalue weighted by atomic mass is 10.0. The van der Waals surface area contributed by atoms with Crippen LogP contribution in [0.1, 0.15) is 30.1 Å². The summed E-state index contributed by atoms with van der Waals surface area (Å²) < 4.78 is 5.00. The van der Waals surface area contributed by atoms with Crippen LogP contribution in [0.5, 0.6) is 0 Å². The molecule has 0 aliphatic carbocycles. The van der Waals surface area contributed by atoms with Crippen molar-refractivity contribution in [3.63, 3.8) is 0 Å². The lowest BCUT2D eigenvalue weighted by Gasteiger charge is -2.31. The van der Waals surface area contributed by atoms with Gasteiger partial charge in [0.25, 0.3) is 5.91 Å². The number of rotatable bonds is 6. The topological polar surface area (TPSA) is 71.5 Å². The van der Waals surface area contributed by atoms with Gasteiger partial charge in [-0.1, -0.05) is 6.08 Å². The summed E-state index contributed by atoms with van der Waals surface area (Å²) in [5.41, 5.74) is 0.581. The highest BCUT2D eigenvalue weighted by atomic mass is 32.2. The molecule has 130 valence electrons. The van der Waals surface area contributed by atoms with Crippen molar-refractivity contribution in [2.75, 3.05) is 25.4 Å². The Morgan fingerprint density at radius 3 is 2.92 bits per heavy atom. The number of nitrogens with zero attached hydrogens (tertiary/aromatic N) is 2. The second kappa shape index (κ2) is 9.32. The number of amides is 2. The van der Waals surface area contributed by atoms with E-state index >= 15 is 0 Å². The van der Waals surface area contributed by atoms with Crippen LogP contribution in [0, 0.1) is 0 Å². The number of carbonyl (C=O) groups is 2. The number of pyridine rings is 1. The van der Waals surface area contributed by atoms with E-state index < -0.39 is 0 Å². The summed E-state index contributed by atoms with van der Waals surface area (Å²) in [6, 6.07) is 3.60. The highest BCUT2D eigenvalue weighted by Crippen LogP contribution is 2.20. The molecule has 1 aliphatic heterocycles. The zero-order valence-electron chi connectivity index (χ0n) is 13.9. The largest absolute Gasteiger partial charge is 0.450 e. The van der Waals surface area contributed by atoms with E-state index in [0.717, 1.165) is 12.8 Å². The van der Waals surface area contributed by atoms with Crippen LogP contribution < -0.4 is 5.32 Å². The molecule has 0 aromatic carbocycles. The SMILES string of the molecule is C=CCSc1ncccc1C(=O)NC1CCN(C(=O)OCC)CC1. The van der Waals surface area contributed by atoms with Crippen LogP contribution in [0.4, 0.5) is 4.79 Å². The average molecular weight is 349 g/mol. The first kappa shape index (κ1) is 18.3. The van der Waals surface area contributed by atoms with Crippen molar-refractivity contribution in [2.45, 2.75) is 30.8 Å². The molecule has 0 saturated carbocycles. The second-order valence-electron chi connectivity index (χ2n) is 5.39. The third-order valence-corrected chi connectivity index (χ3v) is 4.71. The molecule has 7 heteroatoms. The fourth-order valence-corrected chi connectivity index (χ4v) is 3.23. The van der Waals surface area contributed by atoms with Gasteiger partial charge in [0.2, 0.25) is 0 Å². The highest BCUT2D eigenvalue weighted by molar-refractivity contribution is 7.99. The Hall–Kier alpha value is -2.02. The molecule has 1 fully saturated rings. The number of nitrogens with one attached hydrogen (secondary N) is 1. The molecule has 1 aliphatic rings. The van der Waals surface area contributed by atoms with Crippen LogP contribution in [-0.4, -0.2) is 53.4 Å². The van der Waals surface area contributed by atoms with Crippen molar-refractivity contribution in [1.82, 2.24) is 15.2 Å². The monoisotopic (exact) mass is 349 g/mol. The number of piperidine rings is 1. The van der Waals surface area contributed by atoms with Crippen LogP contribution >= 0.6 is 11.8 Å². The Morgan fingerprint density at radius 2 is 2.25 bits per heavy atom. The second-order valence-corrected chi connectivity index (χ2v) is 6.40. The number of hydrogen-bond acceptors (Lipinski definition) is 5. The van der Waals surface area contributed by atoms with E-state index in [1.807, 2.05) is 0 Å². The van der Waals surface area contributed by atoms with E-state index in [2.05, 4.69) is 16.9 Å². The van der Waals surface area contributed by atoms with E-state index in [-0.39, 0.29) is 18.0 Å². The molecule has 0 spiro atoms. The standard InChI is InChI=1S/C17H23N3O3S/c1-3-12-24-16-14(6-5-9-18-16)15(21)19-13-7-10-20(11-8-13)17(22)23-4-2/h3,5-6,9,13H,1,4,7-8,10-12H2,2H3,(H,19,21). The molecule has 1 aromatic heterocycles. The van der Waals surface area contributed by atoms with Crippen molar-refractivity contribution in [3.05, 3.63) is 36.5 Å². The summed E-state index contributed by atoms with van der Waals surface area (Å²) in [7, 11) is 0. The van der Waals surface area contributed by atoms with E-state index in [4.69, 9.17) is 4.74 Å². The molecule has 2 heterocycles. The van der Waals surface area contributed by atoms with E-state index in [0.29, 0.717) is 36.0 Å². The van der Waals surface area contributed by atoms with Gasteiger partial charge in [-0.2, -0.15) is 0 Å². The summed E-state index contributed by atoms with van der Waals surface area (Å²) in [5, 5.41) is 3.75. The predicted molar refractivity (Wildman–Crippen MR) is 94.2 cm³/mol. The summed E-state index contributed by atoms with van der Waals surface area (Å²) in [4.78, 5) is 30.2. The minimum atomic E-state index is -0.280. The van der Waals surface area contributed by atoms with Gasteiger partial charge in [0.05, 0.1) is 12.2 Å². The Morgan fingerprint density at radius 1 is 1.50 bits per heavy atom. The molecular weight excluding hydrogens is 326 g/mol. The molecule has 1 N–H and O–H groups in total. The molecule has 1 aromatic rings. The molecule has 0 bridgehead atoms. The smallest absolute Gasteiger partial charge is 0.409 e. The van der Waals surface area contributed by atoms with Crippen molar-refractivity contribution in [3.8, 4) is 0 Å². The van der Waals surface area contributed by atoms with Gasteiger partial charge in [0.15, 0.2) is 0 Å². The summed E-state index contributed by atoms with van der Waals surface area (Å²) >= 11 is 1.49. The number of ether oxygens (including phenoxy) is 1. The van der Waals surface area contributed by atoms with Crippen molar-refractivity contribution in [2.24, 2.45) is 0 Å². The molecular formula is C17H23N3O3S. The van der Waals surface area contributed by atoms with Gasteiger partial charge in [0.1, 0.15) is 5.03 Å². The summed E-state index contributed by atoms with van der Waals surface area (Å²) in [6.07, 6.45) is 4.63. The van der Waals surface area contributed by atoms with Crippen molar-refractivity contribution >= 4 is 23.8 Å². The van der Waals surface area contributed by atoms with Crippen LogP contribution in [0.3, 0.4) is 0 Å². The van der Waals surface area contributed by atoms with Crippen LogP contribution in [-0.2, 0) is 4.74 Å². The first-order valence-electron chi connectivity index (χ1n) is 8.07. The minimum Gasteiger partial charge on any atom is -0.450 e. The van der Waals surface area contributed by atoms with E-state index in [1.165, 1.54) is 11.8 Å². The number of carbonyl (C=O) groups excluding carboxylic acids is 2. The first-order chi connectivity index (χ1) is 11.7. The summed E-state index contributed by atoms with van der Waals surface area (Å²) in [5.74, 6) is 0.583. The number of hydrogen-bond donors (Lipinski definition) is 1. The Balaban J connectivity index is 1.90. The quantitative estimate of drug-likeness (QED) is 0.631. The van der Waals surface area contributed by atoms with E-state index in [1.54, 1.807) is 36.2 Å². The fourth-order valence-electron chi connectivity index (χ4n) is 2.50. The normalized spacial score (nSPS) is 15.0. The van der Waals surface area contributed by atoms with Gasteiger partial charge in [0, 0.05) is 31.1 Å². The Kier molecular flexibility index (Phi) is 7.11. The fraction of sp³-hybridized carbons (Fsp3) is 0.471. The number of aromatic nitrogens is 1. The van der Waals surface area contributed by atoms with Gasteiger partial charge in [-0.15, -0.1) is 18.3 Å². The number of likely N-dealkylation sites (tertiary alicyclic amines) is 1. The Labute approximate surface area is 146 Å². The number of thioether (sulfide) groups is 1. The first-order valence-corrected chi connectivity index (χ1v) is 9.05.